The first-order chi connectivity index (χ1) is 14.3. The lowest BCUT2D eigenvalue weighted by atomic mass is 9.76. The Labute approximate surface area is 177 Å². The molecule has 0 aliphatic carbocycles. The first kappa shape index (κ1) is 22.5. The van der Waals surface area contributed by atoms with Crippen LogP contribution in [0.2, 0.25) is 0 Å². The second-order valence-corrected chi connectivity index (χ2v) is 8.23. The maximum absolute atomic E-state index is 14.9. The number of rotatable bonds is 4. The van der Waals surface area contributed by atoms with E-state index >= 15 is 0 Å². The van der Waals surface area contributed by atoms with Crippen molar-refractivity contribution in [2.45, 2.75) is 39.7 Å². The fourth-order valence-corrected chi connectivity index (χ4v) is 3.27. The fraction of sp³-hybridized carbons (Fsp3) is 0.286. The highest BCUT2D eigenvalue weighted by Crippen LogP contribution is 2.27. The van der Waals surface area contributed by atoms with E-state index in [-0.39, 0.29) is 23.3 Å². The summed E-state index contributed by atoms with van der Waals surface area (Å²) in [4.78, 5) is 24.2. The number of carbonyl (C=O) groups is 1. The highest BCUT2D eigenvalue weighted by atomic mass is 19.4. The van der Waals surface area contributed by atoms with Crippen LogP contribution in [0.3, 0.4) is 0 Å². The van der Waals surface area contributed by atoms with Crippen LogP contribution in [-0.2, 0) is 21.6 Å². The van der Waals surface area contributed by atoms with Crippen molar-refractivity contribution in [3.63, 3.8) is 0 Å². The first-order valence-corrected chi connectivity index (χ1v) is 9.48. The van der Waals surface area contributed by atoms with E-state index in [0.29, 0.717) is 10.2 Å². The van der Waals surface area contributed by atoms with Gasteiger partial charge >= 0.3 is 14.4 Å². The smallest absolute Gasteiger partial charge is 0.461 e. The Hall–Kier alpha value is -3.17. The molecule has 31 heavy (non-hydrogen) atoms. The average Bonchev–Trinajstić information content (AvgIpc) is 2.64. The van der Waals surface area contributed by atoms with E-state index in [4.69, 9.17) is 4.74 Å². The third kappa shape index (κ3) is 4.47. The molecule has 0 bridgehead atoms. The second-order valence-electron chi connectivity index (χ2n) is 8.23. The number of aromatic nitrogens is 2. The van der Waals surface area contributed by atoms with Crippen LogP contribution in [0, 0.1) is 5.82 Å². The van der Waals surface area contributed by atoms with Gasteiger partial charge in [0.25, 0.3) is 5.56 Å². The molecule has 0 amide bonds. The van der Waals surface area contributed by atoms with Gasteiger partial charge < -0.3 is 17.7 Å². The molecule has 0 aliphatic heterocycles. The number of halogens is 4. The minimum absolute atomic E-state index is 0. The number of benzene rings is 2. The third-order valence-corrected chi connectivity index (χ3v) is 4.89. The molecular formula is C21H21BF4N2O3. The predicted molar refractivity (Wildman–Crippen MR) is 111 cm³/mol. The Morgan fingerprint density at radius 2 is 1.90 bits per heavy atom. The molecule has 0 N–H and O–H groups in total. The van der Waals surface area contributed by atoms with Crippen LogP contribution in [0.15, 0.2) is 41.3 Å². The fourth-order valence-electron chi connectivity index (χ4n) is 3.27. The molecule has 0 spiro atoms. The molecule has 0 saturated carbocycles. The largest absolute Gasteiger partial charge is 1.00 e. The Morgan fingerprint density at radius 3 is 2.48 bits per heavy atom. The van der Waals surface area contributed by atoms with E-state index in [1.165, 1.54) is 18.3 Å². The van der Waals surface area contributed by atoms with Crippen molar-refractivity contribution in [3.05, 3.63) is 63.8 Å². The van der Waals surface area contributed by atoms with Crippen molar-refractivity contribution in [3.8, 4) is 5.69 Å². The van der Waals surface area contributed by atoms with Crippen molar-refractivity contribution in [2.75, 3.05) is 0 Å². The number of carbonyl (C=O) groups excluding carboxylic acids is 1. The standard InChI is InChI=1S/C21H20BF4N2O3/c1-12(29)31-11-15-16(22(24,25)26)6-5-7-18(15)28-20(30)19-13(10-27-28)8-14(9-17(19)23)21(2,3)4/h5-10H,11H2,1-4H3/q-1/p+1. The van der Waals surface area contributed by atoms with Crippen LogP contribution in [0.25, 0.3) is 16.5 Å². The number of esters is 1. The summed E-state index contributed by atoms with van der Waals surface area (Å²) in [6.45, 7) is 0.529. The maximum Gasteiger partial charge on any atom is 1.00 e. The van der Waals surface area contributed by atoms with E-state index in [2.05, 4.69) is 5.10 Å². The van der Waals surface area contributed by atoms with Crippen molar-refractivity contribution >= 4 is 29.2 Å². The number of hydrogen-bond acceptors (Lipinski definition) is 4. The topological polar surface area (TPSA) is 61.2 Å². The molecule has 0 saturated heterocycles. The maximum atomic E-state index is 14.9. The molecule has 2 aromatic carbocycles. The third-order valence-electron chi connectivity index (χ3n) is 4.89. The van der Waals surface area contributed by atoms with E-state index in [0.717, 1.165) is 19.1 Å². The van der Waals surface area contributed by atoms with Crippen molar-refractivity contribution in [2.24, 2.45) is 0 Å². The molecule has 3 aromatic rings. The molecule has 0 unspecified atom stereocenters. The molecule has 0 atom stereocenters. The van der Waals surface area contributed by atoms with Crippen molar-refractivity contribution < 1.29 is 28.3 Å². The zero-order valence-corrected chi connectivity index (χ0v) is 17.4. The normalized spacial score (nSPS) is 12.3. The Balaban J connectivity index is 0.00000363. The molecule has 10 heteroatoms. The molecular weight excluding hydrogens is 415 g/mol. The SMILES string of the molecule is CC(=O)OCc1c(-n2ncc3cc(C(C)(C)C)cc(F)c3c2=O)cccc1[B-](F)(F)F.[H+]. The Kier molecular flexibility index (Phi) is 5.69. The molecule has 164 valence electrons. The monoisotopic (exact) mass is 436 g/mol. The predicted octanol–water partition coefficient (Wildman–Crippen LogP) is 4.05. The summed E-state index contributed by atoms with van der Waals surface area (Å²) in [7, 11) is 0. The molecule has 1 heterocycles. The van der Waals surface area contributed by atoms with Gasteiger partial charge in [-0.05, 0) is 34.7 Å². The summed E-state index contributed by atoms with van der Waals surface area (Å²) in [5.41, 5.74) is -2.32. The summed E-state index contributed by atoms with van der Waals surface area (Å²) < 4.78 is 61.1. The van der Waals surface area contributed by atoms with Gasteiger partial charge in [0.2, 0.25) is 0 Å². The van der Waals surface area contributed by atoms with E-state index in [9.17, 15) is 26.9 Å². The first-order valence-electron chi connectivity index (χ1n) is 9.48. The zero-order chi connectivity index (χ0) is 23.1. The lowest BCUT2D eigenvalue weighted by Gasteiger charge is -2.23. The van der Waals surface area contributed by atoms with Crippen LogP contribution in [0.5, 0.6) is 0 Å². The molecule has 5 nitrogen and oxygen atoms in total. The highest BCUT2D eigenvalue weighted by Gasteiger charge is 2.30. The number of hydrogen-bond donors (Lipinski definition) is 0. The number of fused-ring (bicyclic) bond motifs is 1. The van der Waals surface area contributed by atoms with Gasteiger partial charge in [0, 0.05) is 12.3 Å². The van der Waals surface area contributed by atoms with Gasteiger partial charge in [0.1, 0.15) is 12.4 Å². The van der Waals surface area contributed by atoms with E-state index in [1.807, 2.05) is 20.8 Å². The lowest BCUT2D eigenvalue weighted by molar-refractivity contribution is -0.142. The van der Waals surface area contributed by atoms with Crippen LogP contribution in [-0.4, -0.2) is 22.7 Å². The molecule has 0 aliphatic rings. The van der Waals surface area contributed by atoms with Gasteiger partial charge in [-0.15, -0.1) is 0 Å². The van der Waals surface area contributed by atoms with Gasteiger partial charge in [-0.3, -0.25) is 9.59 Å². The van der Waals surface area contributed by atoms with Crippen molar-refractivity contribution in [1.82, 2.24) is 9.78 Å². The molecule has 0 fully saturated rings. The van der Waals surface area contributed by atoms with Crippen LogP contribution >= 0.6 is 0 Å². The number of nitrogens with zero attached hydrogens (tertiary/aromatic N) is 2. The second kappa shape index (κ2) is 7.83. The van der Waals surface area contributed by atoms with Gasteiger partial charge in [0.05, 0.1) is 17.3 Å². The molecule has 0 radical (unpaired) electrons. The van der Waals surface area contributed by atoms with Gasteiger partial charge in [-0.25, -0.2) is 4.39 Å². The average molecular weight is 436 g/mol. The summed E-state index contributed by atoms with van der Waals surface area (Å²) in [5.74, 6) is -1.57. The van der Waals surface area contributed by atoms with E-state index in [1.54, 1.807) is 6.07 Å². The molecule has 1 aromatic heterocycles. The van der Waals surface area contributed by atoms with Gasteiger partial charge in [0.15, 0.2) is 0 Å². The minimum Gasteiger partial charge on any atom is -0.461 e. The van der Waals surface area contributed by atoms with Crippen LogP contribution < -0.4 is 11.0 Å². The van der Waals surface area contributed by atoms with Crippen molar-refractivity contribution in [1.29, 1.82) is 0 Å². The summed E-state index contributed by atoms with van der Waals surface area (Å²) in [5, 5.41) is 3.94. The number of ether oxygens (including phenoxy) is 1. The highest BCUT2D eigenvalue weighted by molar-refractivity contribution is 6.74. The van der Waals surface area contributed by atoms with E-state index < -0.39 is 42.0 Å². The molecule has 3 rings (SSSR count). The summed E-state index contributed by atoms with van der Waals surface area (Å²) in [6, 6.07) is 6.07. The Bertz CT molecular complexity index is 1240. The minimum atomic E-state index is -5.47. The van der Waals surface area contributed by atoms with Crippen LogP contribution in [0.1, 0.15) is 40.2 Å². The van der Waals surface area contributed by atoms with Gasteiger partial charge in [-0.1, -0.05) is 38.4 Å². The summed E-state index contributed by atoms with van der Waals surface area (Å²) >= 11 is 0. The zero-order valence-electron chi connectivity index (χ0n) is 18.4. The van der Waals surface area contributed by atoms with Crippen LogP contribution in [0.4, 0.5) is 17.3 Å². The summed E-state index contributed by atoms with van der Waals surface area (Å²) in [6.07, 6.45) is 1.23. The van der Waals surface area contributed by atoms with Gasteiger partial charge in [-0.2, -0.15) is 9.78 Å². The Morgan fingerprint density at radius 1 is 1.23 bits per heavy atom. The quantitative estimate of drug-likeness (QED) is 0.352. The lowest BCUT2D eigenvalue weighted by Crippen LogP contribution is -2.39.